The lowest BCUT2D eigenvalue weighted by Gasteiger charge is -2.34. The molecule has 4 heteroatoms. The van der Waals surface area contributed by atoms with Gasteiger partial charge in [-0.3, -0.25) is 14.7 Å². The van der Waals surface area contributed by atoms with Gasteiger partial charge in [0.2, 0.25) is 0 Å². The first-order chi connectivity index (χ1) is 12.3. The molecule has 4 rings (SSSR count). The summed E-state index contributed by atoms with van der Waals surface area (Å²) in [5.74, 6) is 0.131. The summed E-state index contributed by atoms with van der Waals surface area (Å²) < 4.78 is 0. The lowest BCUT2D eigenvalue weighted by atomic mass is 10.1. The number of carbonyl (C=O) groups excluding carboxylic acids is 1. The monoisotopic (exact) mass is 331 g/mol. The van der Waals surface area contributed by atoms with Crippen LogP contribution in [0.4, 0.5) is 0 Å². The number of nitrogens with zero attached hydrogens (tertiary/aromatic N) is 3. The second-order valence-corrected chi connectivity index (χ2v) is 6.49. The Kier molecular flexibility index (Phi) is 4.44. The lowest BCUT2D eigenvalue weighted by molar-refractivity contribution is 0.0628. The van der Waals surface area contributed by atoms with Crippen molar-refractivity contribution in [1.29, 1.82) is 0 Å². The molecule has 3 aromatic rings. The molecule has 1 saturated heterocycles. The van der Waals surface area contributed by atoms with Gasteiger partial charge in [-0.05, 0) is 34.5 Å². The fourth-order valence-corrected chi connectivity index (χ4v) is 3.36. The molecule has 2 heterocycles. The van der Waals surface area contributed by atoms with E-state index < -0.39 is 0 Å². The number of pyridine rings is 1. The zero-order valence-electron chi connectivity index (χ0n) is 14.1. The Morgan fingerprint density at radius 2 is 1.72 bits per heavy atom. The summed E-state index contributed by atoms with van der Waals surface area (Å²) in [5, 5.41) is 2.28. The van der Waals surface area contributed by atoms with Gasteiger partial charge < -0.3 is 4.90 Å². The summed E-state index contributed by atoms with van der Waals surface area (Å²) in [6, 6.07) is 18.2. The Morgan fingerprint density at radius 3 is 2.48 bits per heavy atom. The number of benzene rings is 2. The first-order valence-corrected chi connectivity index (χ1v) is 8.69. The van der Waals surface area contributed by atoms with Crippen LogP contribution in [0.25, 0.3) is 10.8 Å². The molecule has 0 aliphatic carbocycles. The molecule has 1 aromatic heterocycles. The van der Waals surface area contributed by atoms with Crippen LogP contribution in [0.15, 0.2) is 67.0 Å². The minimum Gasteiger partial charge on any atom is -0.336 e. The molecule has 0 saturated carbocycles. The van der Waals surface area contributed by atoms with Crippen LogP contribution in [0.3, 0.4) is 0 Å². The maximum absolute atomic E-state index is 12.8. The van der Waals surface area contributed by atoms with Crippen LogP contribution in [-0.2, 0) is 6.54 Å². The third kappa shape index (κ3) is 3.54. The van der Waals surface area contributed by atoms with Gasteiger partial charge in [0.05, 0.1) is 0 Å². The quantitative estimate of drug-likeness (QED) is 0.739. The van der Waals surface area contributed by atoms with Gasteiger partial charge in [0.15, 0.2) is 0 Å². The molecule has 1 amide bonds. The number of hydrogen-bond acceptors (Lipinski definition) is 3. The van der Waals surface area contributed by atoms with Crippen LogP contribution in [0.1, 0.15) is 15.9 Å². The van der Waals surface area contributed by atoms with Crippen molar-refractivity contribution in [2.24, 2.45) is 0 Å². The van der Waals surface area contributed by atoms with E-state index in [1.165, 1.54) is 10.9 Å². The summed E-state index contributed by atoms with van der Waals surface area (Å²) >= 11 is 0. The third-order valence-corrected chi connectivity index (χ3v) is 4.78. The minimum absolute atomic E-state index is 0.131. The van der Waals surface area contributed by atoms with Gasteiger partial charge >= 0.3 is 0 Å². The van der Waals surface area contributed by atoms with Crippen molar-refractivity contribution < 1.29 is 4.79 Å². The van der Waals surface area contributed by atoms with Crippen molar-refractivity contribution in [3.8, 4) is 0 Å². The molecule has 126 valence electrons. The molecule has 2 aromatic carbocycles. The Balaban J connectivity index is 1.40. The Bertz CT molecular complexity index is 870. The zero-order valence-corrected chi connectivity index (χ0v) is 14.1. The van der Waals surface area contributed by atoms with E-state index in [1.54, 1.807) is 6.20 Å². The maximum Gasteiger partial charge on any atom is 0.253 e. The van der Waals surface area contributed by atoms with E-state index in [0.29, 0.717) is 0 Å². The highest BCUT2D eigenvalue weighted by atomic mass is 16.2. The average Bonchev–Trinajstić information content (AvgIpc) is 2.68. The van der Waals surface area contributed by atoms with Crippen molar-refractivity contribution in [3.05, 3.63) is 78.1 Å². The predicted molar refractivity (Wildman–Crippen MR) is 99.4 cm³/mol. The smallest absolute Gasteiger partial charge is 0.253 e. The summed E-state index contributed by atoms with van der Waals surface area (Å²) in [6.45, 7) is 4.23. The second-order valence-electron chi connectivity index (χ2n) is 6.49. The highest BCUT2D eigenvalue weighted by molar-refractivity contribution is 5.98. The molecule has 0 atom stereocenters. The number of piperazine rings is 1. The van der Waals surface area contributed by atoms with Gasteiger partial charge in [-0.1, -0.05) is 36.4 Å². The molecule has 25 heavy (non-hydrogen) atoms. The van der Waals surface area contributed by atoms with Crippen molar-refractivity contribution in [2.45, 2.75) is 6.54 Å². The van der Waals surface area contributed by atoms with E-state index in [-0.39, 0.29) is 5.91 Å². The normalized spacial score (nSPS) is 15.4. The number of carbonyl (C=O) groups is 1. The van der Waals surface area contributed by atoms with Crippen LogP contribution >= 0.6 is 0 Å². The average molecular weight is 331 g/mol. The summed E-state index contributed by atoms with van der Waals surface area (Å²) in [4.78, 5) is 21.3. The van der Waals surface area contributed by atoms with E-state index in [9.17, 15) is 4.79 Å². The van der Waals surface area contributed by atoms with Gasteiger partial charge in [-0.25, -0.2) is 0 Å². The fourth-order valence-electron chi connectivity index (χ4n) is 3.36. The number of fused-ring (bicyclic) bond motifs is 1. The number of amides is 1. The molecule has 1 aliphatic heterocycles. The number of hydrogen-bond donors (Lipinski definition) is 0. The molecule has 1 fully saturated rings. The molecule has 0 radical (unpaired) electrons. The highest BCUT2D eigenvalue weighted by Crippen LogP contribution is 2.18. The van der Waals surface area contributed by atoms with Crippen LogP contribution in [0.5, 0.6) is 0 Å². The fraction of sp³-hybridized carbons (Fsp3) is 0.238. The minimum atomic E-state index is 0.131. The summed E-state index contributed by atoms with van der Waals surface area (Å²) in [5.41, 5.74) is 2.00. The van der Waals surface area contributed by atoms with Crippen molar-refractivity contribution >= 4 is 16.7 Å². The van der Waals surface area contributed by atoms with Gasteiger partial charge in [0.25, 0.3) is 5.91 Å². The highest BCUT2D eigenvalue weighted by Gasteiger charge is 2.22. The predicted octanol–water partition coefficient (Wildman–Crippen LogP) is 3.19. The molecular formula is C21H21N3O. The molecule has 4 nitrogen and oxygen atoms in total. The van der Waals surface area contributed by atoms with Gasteiger partial charge in [-0.15, -0.1) is 0 Å². The van der Waals surface area contributed by atoms with Crippen molar-refractivity contribution in [2.75, 3.05) is 26.2 Å². The van der Waals surface area contributed by atoms with Crippen molar-refractivity contribution in [1.82, 2.24) is 14.8 Å². The third-order valence-electron chi connectivity index (χ3n) is 4.78. The van der Waals surface area contributed by atoms with Crippen LogP contribution < -0.4 is 0 Å². The van der Waals surface area contributed by atoms with E-state index in [1.807, 2.05) is 47.5 Å². The molecular weight excluding hydrogens is 310 g/mol. The van der Waals surface area contributed by atoms with Gasteiger partial charge in [-0.2, -0.15) is 0 Å². The van der Waals surface area contributed by atoms with Crippen LogP contribution in [0, 0.1) is 0 Å². The summed E-state index contributed by atoms with van der Waals surface area (Å²) in [6.07, 6.45) is 3.70. The maximum atomic E-state index is 12.8. The molecule has 0 spiro atoms. The van der Waals surface area contributed by atoms with E-state index in [2.05, 4.69) is 28.1 Å². The first kappa shape index (κ1) is 15.8. The van der Waals surface area contributed by atoms with Crippen LogP contribution in [-0.4, -0.2) is 46.9 Å². The topological polar surface area (TPSA) is 36.4 Å². The number of aromatic nitrogens is 1. The molecule has 0 N–H and O–H groups in total. The molecule has 1 aliphatic rings. The zero-order chi connectivity index (χ0) is 17.1. The second kappa shape index (κ2) is 7.03. The van der Waals surface area contributed by atoms with Crippen LogP contribution in [0.2, 0.25) is 0 Å². The molecule has 0 unspecified atom stereocenters. The molecule has 0 bridgehead atoms. The van der Waals surface area contributed by atoms with Gasteiger partial charge in [0, 0.05) is 50.7 Å². The van der Waals surface area contributed by atoms with E-state index in [0.717, 1.165) is 43.7 Å². The SMILES string of the molecule is O=C(c1ccc2ccccc2c1)N1CCN(Cc2cccnc2)CC1. The Morgan fingerprint density at radius 1 is 0.920 bits per heavy atom. The van der Waals surface area contributed by atoms with Crippen molar-refractivity contribution in [3.63, 3.8) is 0 Å². The standard InChI is InChI=1S/C21H21N3O/c25-21(20-8-7-18-5-1-2-6-19(18)14-20)24-12-10-23(11-13-24)16-17-4-3-9-22-15-17/h1-9,14-15H,10-13,16H2. The largest absolute Gasteiger partial charge is 0.336 e. The van der Waals surface area contributed by atoms with E-state index in [4.69, 9.17) is 0 Å². The van der Waals surface area contributed by atoms with Gasteiger partial charge in [0.1, 0.15) is 0 Å². The number of rotatable bonds is 3. The summed E-state index contributed by atoms with van der Waals surface area (Å²) in [7, 11) is 0. The Labute approximate surface area is 147 Å². The first-order valence-electron chi connectivity index (χ1n) is 8.69. The lowest BCUT2D eigenvalue weighted by Crippen LogP contribution is -2.48. The van der Waals surface area contributed by atoms with E-state index >= 15 is 0 Å². The Hall–Kier alpha value is -2.72.